The Balaban J connectivity index is 2.62. The molecule has 5 heteroatoms. The summed E-state index contributed by atoms with van der Waals surface area (Å²) in [6.07, 6.45) is 1.53. The topological polar surface area (TPSA) is 68.3 Å². The fraction of sp³-hybridized carbons (Fsp3) is 0.333. The van der Waals surface area contributed by atoms with E-state index in [-0.39, 0.29) is 5.57 Å². The summed E-state index contributed by atoms with van der Waals surface area (Å²) in [5, 5.41) is 14.0. The zero-order chi connectivity index (χ0) is 12.7. The van der Waals surface area contributed by atoms with Crippen molar-refractivity contribution in [3.05, 3.63) is 22.6 Å². The van der Waals surface area contributed by atoms with Gasteiger partial charge >= 0.3 is 5.97 Å². The van der Waals surface area contributed by atoms with Gasteiger partial charge in [0, 0.05) is 23.9 Å². The standard InChI is InChI=1S/C12H14N2O3/c1-6(12(15)16)5-9-7(2)10-8(3)14(4)13-11(10)17-9/h5H,1-4H3,(H,15,16). The Labute approximate surface area is 98.3 Å². The average molecular weight is 234 g/mol. The number of hydrogen-bond acceptors (Lipinski definition) is 3. The predicted octanol–water partition coefficient (Wildman–Crippen LogP) is 2.27. The first-order valence-electron chi connectivity index (χ1n) is 5.26. The fourth-order valence-corrected chi connectivity index (χ4v) is 1.78. The summed E-state index contributed by atoms with van der Waals surface area (Å²) in [6, 6.07) is 0. The fourth-order valence-electron chi connectivity index (χ4n) is 1.78. The summed E-state index contributed by atoms with van der Waals surface area (Å²) in [6.45, 7) is 5.39. The number of aryl methyl sites for hydroxylation is 3. The lowest BCUT2D eigenvalue weighted by Gasteiger charge is -1.96. The molecule has 0 amide bonds. The monoisotopic (exact) mass is 234 g/mol. The minimum absolute atomic E-state index is 0.242. The summed E-state index contributed by atoms with van der Waals surface area (Å²) in [7, 11) is 1.85. The Morgan fingerprint density at radius 3 is 2.65 bits per heavy atom. The molecule has 0 bridgehead atoms. The van der Waals surface area contributed by atoms with Crippen LogP contribution in [-0.2, 0) is 11.8 Å². The van der Waals surface area contributed by atoms with Gasteiger partial charge in [-0.1, -0.05) is 0 Å². The lowest BCUT2D eigenvalue weighted by molar-refractivity contribution is -0.132. The van der Waals surface area contributed by atoms with Gasteiger partial charge in [0.2, 0.25) is 5.71 Å². The van der Waals surface area contributed by atoms with Gasteiger partial charge in [-0.05, 0) is 26.8 Å². The third-order valence-corrected chi connectivity index (χ3v) is 2.94. The third-order valence-electron chi connectivity index (χ3n) is 2.94. The lowest BCUT2D eigenvalue weighted by atomic mass is 10.1. The largest absolute Gasteiger partial charge is 0.478 e. The number of carboxylic acids is 1. The van der Waals surface area contributed by atoms with Crippen LogP contribution in [0.3, 0.4) is 0 Å². The van der Waals surface area contributed by atoms with Gasteiger partial charge in [0.05, 0.1) is 5.39 Å². The van der Waals surface area contributed by atoms with Gasteiger partial charge in [0.15, 0.2) is 0 Å². The molecular weight excluding hydrogens is 220 g/mol. The average Bonchev–Trinajstić information content (AvgIpc) is 2.68. The highest BCUT2D eigenvalue weighted by Gasteiger charge is 2.16. The van der Waals surface area contributed by atoms with Crippen molar-refractivity contribution in [3.63, 3.8) is 0 Å². The van der Waals surface area contributed by atoms with Crippen LogP contribution in [0.1, 0.15) is 23.9 Å². The molecule has 0 saturated heterocycles. The number of aliphatic carboxylic acids is 1. The van der Waals surface area contributed by atoms with Crippen LogP contribution >= 0.6 is 0 Å². The zero-order valence-corrected chi connectivity index (χ0v) is 10.2. The first-order valence-corrected chi connectivity index (χ1v) is 5.26. The first kappa shape index (κ1) is 11.4. The van der Waals surface area contributed by atoms with Crippen LogP contribution in [0.5, 0.6) is 0 Å². The molecule has 1 N–H and O–H groups in total. The number of nitrogens with zero attached hydrogens (tertiary/aromatic N) is 2. The number of furan rings is 1. The molecule has 0 atom stereocenters. The van der Waals surface area contributed by atoms with Crippen LogP contribution in [-0.4, -0.2) is 20.9 Å². The molecule has 0 aliphatic heterocycles. The third kappa shape index (κ3) is 1.73. The van der Waals surface area contributed by atoms with Gasteiger partial charge in [-0.15, -0.1) is 5.10 Å². The van der Waals surface area contributed by atoms with E-state index in [1.54, 1.807) is 4.68 Å². The Hall–Kier alpha value is -2.04. The van der Waals surface area contributed by atoms with Gasteiger partial charge in [-0.3, -0.25) is 4.68 Å². The molecule has 0 aliphatic carbocycles. The summed E-state index contributed by atoms with van der Waals surface area (Å²) < 4.78 is 7.30. The Morgan fingerprint density at radius 2 is 2.12 bits per heavy atom. The molecule has 2 aromatic rings. The minimum atomic E-state index is -0.948. The van der Waals surface area contributed by atoms with Crippen LogP contribution in [0.15, 0.2) is 9.99 Å². The van der Waals surface area contributed by atoms with Crippen LogP contribution in [0.2, 0.25) is 0 Å². The lowest BCUT2D eigenvalue weighted by Crippen LogP contribution is -1.96. The Bertz CT molecular complexity index is 632. The van der Waals surface area contributed by atoms with Crippen molar-refractivity contribution in [2.45, 2.75) is 20.8 Å². The van der Waals surface area contributed by atoms with Crippen LogP contribution in [0.4, 0.5) is 0 Å². The van der Waals surface area contributed by atoms with Crippen molar-refractivity contribution < 1.29 is 14.3 Å². The second-order valence-electron chi connectivity index (χ2n) is 4.11. The molecule has 2 rings (SSSR count). The van der Waals surface area contributed by atoms with Gasteiger partial charge in [-0.25, -0.2) is 4.79 Å². The van der Waals surface area contributed by atoms with E-state index in [1.165, 1.54) is 13.0 Å². The maximum Gasteiger partial charge on any atom is 0.331 e. The number of hydrogen-bond donors (Lipinski definition) is 1. The van der Waals surface area contributed by atoms with E-state index in [4.69, 9.17) is 9.52 Å². The van der Waals surface area contributed by atoms with E-state index in [1.807, 2.05) is 20.9 Å². The molecular formula is C12H14N2O3. The molecule has 0 unspecified atom stereocenters. The van der Waals surface area contributed by atoms with Crippen LogP contribution < -0.4 is 0 Å². The molecule has 17 heavy (non-hydrogen) atoms. The van der Waals surface area contributed by atoms with Crippen LogP contribution in [0, 0.1) is 13.8 Å². The molecule has 0 radical (unpaired) electrons. The maximum absolute atomic E-state index is 10.8. The molecule has 2 heterocycles. The number of carboxylic acid groups (broad SMARTS) is 1. The summed E-state index contributed by atoms with van der Waals surface area (Å²) in [4.78, 5) is 10.8. The summed E-state index contributed by atoms with van der Waals surface area (Å²) >= 11 is 0. The molecule has 2 aromatic heterocycles. The molecule has 90 valence electrons. The van der Waals surface area contributed by atoms with Crippen molar-refractivity contribution >= 4 is 23.1 Å². The van der Waals surface area contributed by atoms with Gasteiger partial charge in [-0.2, -0.15) is 0 Å². The molecule has 0 aromatic carbocycles. The van der Waals surface area contributed by atoms with Crippen molar-refractivity contribution in [1.82, 2.24) is 9.78 Å². The Kier molecular flexibility index (Phi) is 2.53. The number of carbonyl (C=O) groups is 1. The smallest absolute Gasteiger partial charge is 0.331 e. The van der Waals surface area contributed by atoms with Crippen molar-refractivity contribution in [1.29, 1.82) is 0 Å². The highest BCUT2D eigenvalue weighted by Crippen LogP contribution is 2.28. The minimum Gasteiger partial charge on any atom is -0.478 e. The summed E-state index contributed by atoms with van der Waals surface area (Å²) in [5.74, 6) is -0.387. The second kappa shape index (κ2) is 3.76. The number of rotatable bonds is 2. The first-order chi connectivity index (χ1) is 7.91. The number of aromatic nitrogens is 2. The highest BCUT2D eigenvalue weighted by atomic mass is 16.4. The summed E-state index contributed by atoms with van der Waals surface area (Å²) in [5.41, 5.74) is 2.72. The quantitative estimate of drug-likeness (QED) is 0.809. The van der Waals surface area contributed by atoms with E-state index in [0.29, 0.717) is 11.5 Å². The second-order valence-corrected chi connectivity index (χ2v) is 4.11. The van der Waals surface area contributed by atoms with Gasteiger partial charge in [0.25, 0.3) is 0 Å². The van der Waals surface area contributed by atoms with Gasteiger partial charge < -0.3 is 9.52 Å². The molecule has 0 saturated carbocycles. The van der Waals surface area contributed by atoms with Crippen molar-refractivity contribution in [3.8, 4) is 0 Å². The van der Waals surface area contributed by atoms with E-state index < -0.39 is 5.97 Å². The van der Waals surface area contributed by atoms with E-state index >= 15 is 0 Å². The number of fused-ring (bicyclic) bond motifs is 1. The Morgan fingerprint density at radius 1 is 1.47 bits per heavy atom. The van der Waals surface area contributed by atoms with Crippen molar-refractivity contribution in [2.24, 2.45) is 7.05 Å². The zero-order valence-electron chi connectivity index (χ0n) is 10.2. The van der Waals surface area contributed by atoms with Crippen LogP contribution in [0.25, 0.3) is 17.2 Å². The molecule has 0 spiro atoms. The van der Waals surface area contributed by atoms with E-state index in [0.717, 1.165) is 16.6 Å². The molecule has 5 nitrogen and oxygen atoms in total. The van der Waals surface area contributed by atoms with E-state index in [9.17, 15) is 4.79 Å². The normalized spacial score (nSPS) is 12.4. The molecule has 0 fully saturated rings. The maximum atomic E-state index is 10.8. The van der Waals surface area contributed by atoms with E-state index in [2.05, 4.69) is 5.10 Å². The SMILES string of the molecule is CC(=Cc1oc2nn(C)c(C)c2c1C)C(=O)O. The predicted molar refractivity (Wildman–Crippen MR) is 63.7 cm³/mol. The van der Waals surface area contributed by atoms with Gasteiger partial charge in [0.1, 0.15) is 5.76 Å². The molecule has 0 aliphatic rings. The highest BCUT2D eigenvalue weighted by molar-refractivity contribution is 5.93. The van der Waals surface area contributed by atoms with Crippen molar-refractivity contribution in [2.75, 3.05) is 0 Å².